The second kappa shape index (κ2) is 7.45. The van der Waals surface area contributed by atoms with E-state index in [0.29, 0.717) is 0 Å². The van der Waals surface area contributed by atoms with E-state index in [1.165, 1.54) is 50.5 Å². The van der Waals surface area contributed by atoms with Gasteiger partial charge in [-0.3, -0.25) is 0 Å². The van der Waals surface area contributed by atoms with Crippen molar-refractivity contribution >= 4 is 0 Å². The van der Waals surface area contributed by atoms with Gasteiger partial charge in [0.05, 0.1) is 0 Å². The Hall–Kier alpha value is -0.820. The molecule has 0 heterocycles. The quantitative estimate of drug-likeness (QED) is 0.722. The van der Waals surface area contributed by atoms with Crippen LogP contribution in [-0.2, 0) is 0 Å². The molecule has 2 aliphatic rings. The Morgan fingerprint density at radius 1 is 1.19 bits per heavy atom. The topological polar surface area (TPSA) is 26.0 Å². The molecule has 1 heteroatoms. The van der Waals surface area contributed by atoms with Crippen LogP contribution in [0.5, 0.6) is 0 Å². The van der Waals surface area contributed by atoms with Gasteiger partial charge in [-0.25, -0.2) is 0 Å². The zero-order valence-electron chi connectivity index (χ0n) is 14.3. The maximum absolute atomic E-state index is 6.17. The lowest BCUT2D eigenvalue weighted by Crippen LogP contribution is -2.20. The predicted molar refractivity (Wildman–Crippen MR) is 93.2 cm³/mol. The summed E-state index contributed by atoms with van der Waals surface area (Å²) in [5.74, 6) is 1.69. The van der Waals surface area contributed by atoms with E-state index in [4.69, 9.17) is 5.73 Å². The van der Waals surface area contributed by atoms with Crippen molar-refractivity contribution in [2.45, 2.75) is 78.2 Å². The lowest BCUT2D eigenvalue weighted by molar-refractivity contribution is 0.438. The monoisotopic (exact) mass is 287 g/mol. The Morgan fingerprint density at radius 3 is 2.38 bits per heavy atom. The zero-order valence-corrected chi connectivity index (χ0v) is 14.3. The Balaban J connectivity index is 2.35. The van der Waals surface area contributed by atoms with Gasteiger partial charge in [-0.2, -0.15) is 0 Å². The van der Waals surface area contributed by atoms with Crippen LogP contribution in [0.15, 0.2) is 34.9 Å². The SMILES string of the molecule is C=CC1=C(C(CC(C)N)=C2CCC(C)CC2)CCC(C)C1. The molecule has 1 fully saturated rings. The van der Waals surface area contributed by atoms with Gasteiger partial charge in [0, 0.05) is 6.04 Å². The summed E-state index contributed by atoms with van der Waals surface area (Å²) in [6.45, 7) is 11.0. The fourth-order valence-corrected chi connectivity index (χ4v) is 3.92. The van der Waals surface area contributed by atoms with Gasteiger partial charge >= 0.3 is 0 Å². The third kappa shape index (κ3) is 4.32. The van der Waals surface area contributed by atoms with E-state index in [0.717, 1.165) is 18.3 Å². The molecule has 2 atom stereocenters. The maximum Gasteiger partial charge on any atom is 0.00510 e. The summed E-state index contributed by atoms with van der Waals surface area (Å²) in [5.41, 5.74) is 12.6. The lowest BCUT2D eigenvalue weighted by Gasteiger charge is -2.30. The highest BCUT2D eigenvalue weighted by Gasteiger charge is 2.23. The summed E-state index contributed by atoms with van der Waals surface area (Å²) < 4.78 is 0. The van der Waals surface area contributed by atoms with Gasteiger partial charge in [0.25, 0.3) is 0 Å². The first-order valence-corrected chi connectivity index (χ1v) is 8.82. The van der Waals surface area contributed by atoms with Crippen molar-refractivity contribution in [3.63, 3.8) is 0 Å². The molecule has 0 amide bonds. The van der Waals surface area contributed by atoms with E-state index in [2.05, 4.69) is 33.4 Å². The normalized spacial score (nSPS) is 28.5. The first-order chi connectivity index (χ1) is 10.0. The van der Waals surface area contributed by atoms with Crippen LogP contribution in [-0.4, -0.2) is 6.04 Å². The van der Waals surface area contributed by atoms with Crippen molar-refractivity contribution in [2.24, 2.45) is 17.6 Å². The molecule has 118 valence electrons. The molecule has 0 bridgehead atoms. The number of hydrogen-bond donors (Lipinski definition) is 1. The maximum atomic E-state index is 6.17. The zero-order chi connectivity index (χ0) is 15.4. The molecule has 0 saturated heterocycles. The number of nitrogens with two attached hydrogens (primary N) is 1. The number of hydrogen-bond acceptors (Lipinski definition) is 1. The largest absolute Gasteiger partial charge is 0.328 e. The fourth-order valence-electron chi connectivity index (χ4n) is 3.92. The molecule has 0 radical (unpaired) electrons. The van der Waals surface area contributed by atoms with Crippen LogP contribution in [0.1, 0.15) is 72.1 Å². The van der Waals surface area contributed by atoms with Crippen LogP contribution in [0.2, 0.25) is 0 Å². The van der Waals surface area contributed by atoms with Gasteiger partial charge in [0.1, 0.15) is 0 Å². The van der Waals surface area contributed by atoms with E-state index in [9.17, 15) is 0 Å². The van der Waals surface area contributed by atoms with Crippen molar-refractivity contribution in [3.8, 4) is 0 Å². The first-order valence-electron chi connectivity index (χ1n) is 8.82. The molecule has 2 rings (SSSR count). The molecule has 0 aromatic carbocycles. The minimum atomic E-state index is 0.254. The Morgan fingerprint density at radius 2 is 1.81 bits per heavy atom. The summed E-state index contributed by atoms with van der Waals surface area (Å²) in [6, 6.07) is 0.254. The van der Waals surface area contributed by atoms with Crippen molar-refractivity contribution in [1.82, 2.24) is 0 Å². The summed E-state index contributed by atoms with van der Waals surface area (Å²) in [5, 5.41) is 0. The van der Waals surface area contributed by atoms with Crippen LogP contribution >= 0.6 is 0 Å². The molecule has 1 nitrogen and oxygen atoms in total. The van der Waals surface area contributed by atoms with Crippen molar-refractivity contribution in [1.29, 1.82) is 0 Å². The van der Waals surface area contributed by atoms with Gasteiger partial charge in [0.2, 0.25) is 0 Å². The van der Waals surface area contributed by atoms with Crippen molar-refractivity contribution < 1.29 is 0 Å². The van der Waals surface area contributed by atoms with Gasteiger partial charge in [0.15, 0.2) is 0 Å². The highest BCUT2D eigenvalue weighted by atomic mass is 14.6. The van der Waals surface area contributed by atoms with E-state index < -0.39 is 0 Å². The second-order valence-electron chi connectivity index (χ2n) is 7.50. The van der Waals surface area contributed by atoms with Crippen LogP contribution in [0, 0.1) is 11.8 Å². The predicted octanol–water partition coefficient (Wildman–Crippen LogP) is 5.53. The van der Waals surface area contributed by atoms with Gasteiger partial charge in [-0.15, -0.1) is 0 Å². The highest BCUT2D eigenvalue weighted by molar-refractivity contribution is 5.44. The standard InChI is InChI=1S/C20H33N/c1-5-17-12-15(3)8-11-19(17)20(13-16(4)21)18-9-6-14(2)7-10-18/h5,14-16H,1,6-13,21H2,2-4H3. The van der Waals surface area contributed by atoms with Gasteiger partial charge in [-0.1, -0.05) is 32.1 Å². The van der Waals surface area contributed by atoms with E-state index in [1.54, 1.807) is 16.7 Å². The highest BCUT2D eigenvalue weighted by Crippen LogP contribution is 2.40. The molecule has 2 N–H and O–H groups in total. The molecule has 0 spiro atoms. The van der Waals surface area contributed by atoms with Gasteiger partial charge < -0.3 is 5.73 Å². The molecule has 0 aromatic heterocycles. The van der Waals surface area contributed by atoms with E-state index in [-0.39, 0.29) is 6.04 Å². The Bertz CT molecular complexity index is 429. The molecule has 2 aliphatic carbocycles. The molecular formula is C20H33N. The Kier molecular flexibility index (Phi) is 5.87. The molecule has 21 heavy (non-hydrogen) atoms. The third-order valence-electron chi connectivity index (χ3n) is 5.28. The molecular weight excluding hydrogens is 254 g/mol. The number of rotatable bonds is 4. The van der Waals surface area contributed by atoms with E-state index in [1.807, 2.05) is 0 Å². The number of allylic oxidation sites excluding steroid dienone is 4. The average Bonchev–Trinajstić information content (AvgIpc) is 2.45. The second-order valence-corrected chi connectivity index (χ2v) is 7.50. The summed E-state index contributed by atoms with van der Waals surface area (Å²) in [4.78, 5) is 0. The third-order valence-corrected chi connectivity index (χ3v) is 5.28. The van der Waals surface area contributed by atoms with Crippen molar-refractivity contribution in [3.05, 3.63) is 34.9 Å². The van der Waals surface area contributed by atoms with Crippen LogP contribution < -0.4 is 5.73 Å². The smallest absolute Gasteiger partial charge is 0.00510 e. The first kappa shape index (κ1) is 16.5. The fraction of sp³-hybridized carbons (Fsp3) is 0.700. The average molecular weight is 287 g/mol. The minimum Gasteiger partial charge on any atom is -0.328 e. The Labute approximate surface area is 131 Å². The molecule has 1 saturated carbocycles. The lowest BCUT2D eigenvalue weighted by atomic mass is 9.76. The molecule has 0 aliphatic heterocycles. The van der Waals surface area contributed by atoms with Crippen LogP contribution in [0.3, 0.4) is 0 Å². The molecule has 0 aromatic rings. The molecule has 2 unspecified atom stereocenters. The van der Waals surface area contributed by atoms with Crippen molar-refractivity contribution in [2.75, 3.05) is 0 Å². The van der Waals surface area contributed by atoms with Gasteiger partial charge in [-0.05, 0) is 86.8 Å². The van der Waals surface area contributed by atoms with E-state index >= 15 is 0 Å². The minimum absolute atomic E-state index is 0.254. The summed E-state index contributed by atoms with van der Waals surface area (Å²) in [6.07, 6.45) is 12.2. The summed E-state index contributed by atoms with van der Waals surface area (Å²) >= 11 is 0. The summed E-state index contributed by atoms with van der Waals surface area (Å²) in [7, 11) is 0. The van der Waals surface area contributed by atoms with Crippen LogP contribution in [0.25, 0.3) is 0 Å². The van der Waals surface area contributed by atoms with Crippen LogP contribution in [0.4, 0.5) is 0 Å².